The number of carbonyl (C=O) groups excluding carboxylic acids is 1. The molecule has 1 rings (SSSR count). The summed E-state index contributed by atoms with van der Waals surface area (Å²) in [5.74, 6) is 0. The van der Waals surface area contributed by atoms with Crippen LogP contribution in [-0.4, -0.2) is 46.2 Å². The molecular formula is C13H17F6O7S2-. The van der Waals surface area contributed by atoms with Crippen molar-refractivity contribution < 1.29 is 57.4 Å². The molecule has 7 nitrogen and oxygen atoms in total. The molecule has 0 spiro atoms. The second-order valence-electron chi connectivity index (χ2n) is 6.03. The van der Waals surface area contributed by atoms with E-state index < -0.39 is 60.1 Å². The lowest BCUT2D eigenvalue weighted by Crippen LogP contribution is -2.41. The minimum atomic E-state index is -6.86. The second-order valence-corrected chi connectivity index (χ2v) is 10.2. The molecule has 0 aromatic heterocycles. The molecule has 0 saturated heterocycles. The second kappa shape index (κ2) is 8.63. The number of sulfone groups is 2. The van der Waals surface area contributed by atoms with E-state index in [0.29, 0.717) is 12.8 Å². The molecule has 1 aliphatic rings. The average molecular weight is 463 g/mol. The summed E-state index contributed by atoms with van der Waals surface area (Å²) in [5, 5.41) is 0. The van der Waals surface area contributed by atoms with Gasteiger partial charge in [-0.05, 0) is 32.6 Å². The van der Waals surface area contributed by atoms with E-state index >= 15 is 0 Å². The van der Waals surface area contributed by atoms with Crippen LogP contribution in [0, 0.1) is 4.58 Å². The first-order valence-electron chi connectivity index (χ1n) is 7.86. The number of ether oxygens (including phenoxy) is 2. The van der Waals surface area contributed by atoms with Crippen LogP contribution in [0.15, 0.2) is 0 Å². The van der Waals surface area contributed by atoms with E-state index in [4.69, 9.17) is 4.74 Å². The van der Waals surface area contributed by atoms with Gasteiger partial charge in [0.05, 0.1) is 6.10 Å². The predicted molar refractivity (Wildman–Crippen MR) is 81.7 cm³/mol. The maximum Gasteiger partial charge on any atom is 0.508 e. The van der Waals surface area contributed by atoms with Crippen molar-refractivity contribution >= 4 is 25.8 Å². The Morgan fingerprint density at radius 3 is 1.79 bits per heavy atom. The molecule has 0 bridgehead atoms. The zero-order valence-corrected chi connectivity index (χ0v) is 16.0. The summed E-state index contributed by atoms with van der Waals surface area (Å²) >= 11 is 0. The van der Waals surface area contributed by atoms with Crippen LogP contribution in [0.5, 0.6) is 0 Å². The number of hydrogen-bond donors (Lipinski definition) is 0. The molecule has 28 heavy (non-hydrogen) atoms. The SMILES string of the molecule is CC(C[C-](S(=O)(=O)C(F)(F)F)S(=O)(=O)C(F)(F)F)OC(=O)OC1CCCCC1. The lowest BCUT2D eigenvalue weighted by molar-refractivity contribution is -0.0460. The van der Waals surface area contributed by atoms with Crippen LogP contribution in [0.1, 0.15) is 45.4 Å². The molecule has 0 aromatic rings. The molecule has 0 N–H and O–H groups in total. The average Bonchev–Trinajstić information content (AvgIpc) is 2.50. The normalized spacial score (nSPS) is 18.7. The number of rotatable bonds is 6. The van der Waals surface area contributed by atoms with Gasteiger partial charge in [0.25, 0.3) is 0 Å². The van der Waals surface area contributed by atoms with Crippen molar-refractivity contribution in [3.8, 4) is 0 Å². The molecule has 15 heteroatoms. The highest BCUT2D eigenvalue weighted by Crippen LogP contribution is 2.43. The summed E-state index contributed by atoms with van der Waals surface area (Å²) in [6, 6.07) is 0. The molecule has 0 radical (unpaired) electrons. The summed E-state index contributed by atoms with van der Waals surface area (Å²) < 4.78 is 128. The maximum atomic E-state index is 12.7. The maximum absolute atomic E-state index is 12.7. The Labute approximate surface area is 157 Å². The highest BCUT2D eigenvalue weighted by atomic mass is 32.3. The van der Waals surface area contributed by atoms with Crippen LogP contribution in [0.3, 0.4) is 0 Å². The van der Waals surface area contributed by atoms with Gasteiger partial charge in [0.2, 0.25) is 0 Å². The van der Waals surface area contributed by atoms with Gasteiger partial charge in [-0.2, -0.15) is 26.3 Å². The van der Waals surface area contributed by atoms with Crippen LogP contribution in [-0.2, 0) is 29.1 Å². The van der Waals surface area contributed by atoms with Crippen molar-refractivity contribution in [2.75, 3.05) is 0 Å². The fourth-order valence-electron chi connectivity index (χ4n) is 2.41. The van der Waals surface area contributed by atoms with Gasteiger partial charge in [-0.3, -0.25) is 16.8 Å². The van der Waals surface area contributed by atoms with E-state index in [1.807, 2.05) is 0 Å². The van der Waals surface area contributed by atoms with Gasteiger partial charge in [0.1, 0.15) is 25.8 Å². The summed E-state index contributed by atoms with van der Waals surface area (Å²) in [7, 11) is -13.7. The van der Waals surface area contributed by atoms with E-state index in [-0.39, 0.29) is 0 Å². The number of carbonyl (C=O) groups is 1. The monoisotopic (exact) mass is 463 g/mol. The topological polar surface area (TPSA) is 104 Å². The predicted octanol–water partition coefficient (Wildman–Crippen LogP) is 3.61. The van der Waals surface area contributed by atoms with Crippen molar-refractivity contribution in [2.24, 2.45) is 0 Å². The molecule has 1 fully saturated rings. The van der Waals surface area contributed by atoms with Crippen LogP contribution in [0.2, 0.25) is 0 Å². The van der Waals surface area contributed by atoms with Gasteiger partial charge >= 0.3 is 17.2 Å². The zero-order chi connectivity index (χ0) is 22.0. The molecule has 1 unspecified atom stereocenters. The number of alkyl halides is 6. The summed E-state index contributed by atoms with van der Waals surface area (Å²) in [5.41, 5.74) is -12.6. The third kappa shape index (κ3) is 5.87. The van der Waals surface area contributed by atoms with Gasteiger partial charge in [-0.15, -0.1) is 6.42 Å². The van der Waals surface area contributed by atoms with Crippen molar-refractivity contribution in [2.45, 2.75) is 68.7 Å². The smallest absolute Gasteiger partial charge is 0.434 e. The van der Waals surface area contributed by atoms with E-state index in [1.54, 1.807) is 0 Å². The van der Waals surface area contributed by atoms with E-state index in [2.05, 4.69) is 4.74 Å². The largest absolute Gasteiger partial charge is 0.508 e. The van der Waals surface area contributed by atoms with Gasteiger partial charge in [0, 0.05) is 0 Å². The Balaban J connectivity index is 2.99. The first-order chi connectivity index (χ1) is 12.5. The minimum absolute atomic E-state index is 0.478. The molecule has 0 heterocycles. The van der Waals surface area contributed by atoms with Gasteiger partial charge in [-0.25, -0.2) is 4.79 Å². The standard InChI is InChI=1S/C13H17F6O7S2/c1-8(25-11(20)26-9-5-3-2-4-6-9)7-10(27(21,22)12(14,15)16)28(23,24)13(17,18)19/h8-9H,2-7H2,1H3/q-1. The molecule has 0 aromatic carbocycles. The quantitative estimate of drug-likeness (QED) is 0.337. The highest BCUT2D eigenvalue weighted by Gasteiger charge is 2.54. The molecule has 1 aliphatic carbocycles. The number of halogens is 6. The number of hydrogen-bond acceptors (Lipinski definition) is 7. The third-order valence-corrected chi connectivity index (χ3v) is 7.84. The van der Waals surface area contributed by atoms with Gasteiger partial charge < -0.3 is 9.47 Å². The molecule has 0 aliphatic heterocycles. The molecular weight excluding hydrogens is 446 g/mol. The highest BCUT2D eigenvalue weighted by molar-refractivity contribution is 8.13. The Morgan fingerprint density at radius 1 is 0.964 bits per heavy atom. The van der Waals surface area contributed by atoms with Gasteiger partial charge in [-0.1, -0.05) is 11.0 Å². The first kappa shape index (κ1) is 24.8. The van der Waals surface area contributed by atoms with Crippen LogP contribution in [0.25, 0.3) is 0 Å². The van der Waals surface area contributed by atoms with Crippen LogP contribution < -0.4 is 0 Å². The molecule has 1 saturated carbocycles. The Kier molecular flexibility index (Phi) is 7.64. The first-order valence-corrected chi connectivity index (χ1v) is 10.8. The zero-order valence-electron chi connectivity index (χ0n) is 14.3. The fourth-order valence-corrected chi connectivity index (χ4v) is 5.56. The molecule has 0 amide bonds. The lowest BCUT2D eigenvalue weighted by Gasteiger charge is -2.33. The molecule has 1 atom stereocenters. The van der Waals surface area contributed by atoms with Crippen molar-refractivity contribution in [3.05, 3.63) is 4.58 Å². The van der Waals surface area contributed by atoms with Crippen molar-refractivity contribution in [1.82, 2.24) is 0 Å². The van der Waals surface area contributed by atoms with Crippen LogP contribution >= 0.6 is 0 Å². The van der Waals surface area contributed by atoms with E-state index in [1.165, 1.54) is 0 Å². The summed E-state index contributed by atoms with van der Waals surface area (Å²) in [6.07, 6.45) is -2.50. The Hall–Kier alpha value is -1.25. The van der Waals surface area contributed by atoms with Crippen molar-refractivity contribution in [1.29, 1.82) is 0 Å². The lowest BCUT2D eigenvalue weighted by atomic mass is 9.98. The molecule has 166 valence electrons. The minimum Gasteiger partial charge on any atom is -0.434 e. The summed E-state index contributed by atoms with van der Waals surface area (Å²) in [4.78, 5) is 11.6. The fraction of sp³-hybridized carbons (Fsp3) is 0.846. The summed E-state index contributed by atoms with van der Waals surface area (Å²) in [6.45, 7) is 0.736. The van der Waals surface area contributed by atoms with E-state index in [0.717, 1.165) is 26.2 Å². The Bertz CT molecular complexity index is 707. The third-order valence-electron chi connectivity index (χ3n) is 3.78. The van der Waals surface area contributed by atoms with Gasteiger partial charge in [0.15, 0.2) is 0 Å². The van der Waals surface area contributed by atoms with E-state index in [9.17, 15) is 48.0 Å². The van der Waals surface area contributed by atoms with Crippen molar-refractivity contribution in [3.63, 3.8) is 0 Å². The Morgan fingerprint density at radius 2 is 1.39 bits per heavy atom. The van der Waals surface area contributed by atoms with Crippen LogP contribution in [0.4, 0.5) is 31.1 Å².